The van der Waals surface area contributed by atoms with Crippen molar-refractivity contribution in [3.05, 3.63) is 58.9 Å². The number of amides is 1. The molecule has 0 saturated heterocycles. The minimum Gasteiger partial charge on any atom is -0.508 e. The van der Waals surface area contributed by atoms with Crippen LogP contribution < -0.4 is 10.5 Å². The summed E-state index contributed by atoms with van der Waals surface area (Å²) in [6, 6.07) is 9.51. The summed E-state index contributed by atoms with van der Waals surface area (Å²) in [6.45, 7) is 2.29. The summed E-state index contributed by atoms with van der Waals surface area (Å²) in [7, 11) is 3.25. The summed E-state index contributed by atoms with van der Waals surface area (Å²) in [5, 5.41) is 45.0. The monoisotopic (exact) mass is 536 g/mol. The van der Waals surface area contributed by atoms with Crippen LogP contribution in [-0.2, 0) is 16.0 Å². The quantitative estimate of drug-likeness (QED) is 0.354. The second kappa shape index (κ2) is 9.48. The van der Waals surface area contributed by atoms with Gasteiger partial charge in [0.2, 0.25) is 5.91 Å². The third-order valence-electron chi connectivity index (χ3n) is 8.45. The lowest BCUT2D eigenvalue weighted by Crippen LogP contribution is -2.71. The maximum atomic E-state index is 13.9. The fourth-order valence-electron chi connectivity index (χ4n) is 6.83. The Morgan fingerprint density at radius 2 is 1.82 bits per heavy atom. The molecule has 1 amide bonds. The van der Waals surface area contributed by atoms with E-state index in [1.807, 2.05) is 31.2 Å². The Bertz CT molecular complexity index is 1420. The van der Waals surface area contributed by atoms with Gasteiger partial charge in [-0.05, 0) is 63.0 Å². The number of rotatable bonds is 5. The molecule has 206 valence electrons. The van der Waals surface area contributed by atoms with Gasteiger partial charge in [0, 0.05) is 23.1 Å². The molecule has 0 radical (unpaired) electrons. The van der Waals surface area contributed by atoms with E-state index in [1.54, 1.807) is 25.1 Å². The molecule has 2 unspecified atom stereocenters. The molecular weight excluding hydrogens is 504 g/mol. The molecule has 2 aromatic carbocycles. The average Bonchev–Trinajstić information content (AvgIpc) is 2.87. The van der Waals surface area contributed by atoms with Crippen molar-refractivity contribution in [1.82, 2.24) is 4.90 Å². The summed E-state index contributed by atoms with van der Waals surface area (Å²) in [6.07, 6.45) is -1.25. The number of Topliss-reactive ketones (excluding diaryl/α,β-unsaturated/α-hetero) is 2. The van der Waals surface area contributed by atoms with E-state index in [9.17, 15) is 34.8 Å². The van der Waals surface area contributed by atoms with Crippen molar-refractivity contribution in [1.29, 1.82) is 0 Å². The maximum Gasteiger partial charge on any atom is 0.230 e. The fraction of sp³-hybridized carbons (Fsp3) is 0.414. The first-order valence-electron chi connectivity index (χ1n) is 12.9. The largest absolute Gasteiger partial charge is 0.508 e. The molecule has 0 heterocycles. The Morgan fingerprint density at radius 3 is 2.46 bits per heavy atom. The van der Waals surface area contributed by atoms with Gasteiger partial charge in [0.05, 0.1) is 18.3 Å². The number of aliphatic hydroxyl groups is 3. The van der Waals surface area contributed by atoms with E-state index in [1.165, 1.54) is 6.07 Å². The minimum absolute atomic E-state index is 0.0300. The molecule has 3 aliphatic carbocycles. The highest BCUT2D eigenvalue weighted by molar-refractivity contribution is 6.16. The molecule has 0 spiro atoms. The Kier molecular flexibility index (Phi) is 6.53. The number of hydrogen-bond donors (Lipinski definition) is 5. The minimum atomic E-state index is -2.61. The van der Waals surface area contributed by atoms with Gasteiger partial charge in [-0.25, -0.2) is 0 Å². The van der Waals surface area contributed by atoms with Crippen molar-refractivity contribution in [3.63, 3.8) is 0 Å². The van der Waals surface area contributed by atoms with Crippen molar-refractivity contribution in [2.24, 2.45) is 23.5 Å². The van der Waals surface area contributed by atoms with Crippen LogP contribution in [0, 0.1) is 17.8 Å². The molecule has 1 saturated carbocycles. The van der Waals surface area contributed by atoms with Gasteiger partial charge >= 0.3 is 0 Å². The van der Waals surface area contributed by atoms with Crippen LogP contribution in [0.2, 0.25) is 0 Å². The van der Waals surface area contributed by atoms with E-state index in [2.05, 4.69) is 0 Å². The van der Waals surface area contributed by atoms with Gasteiger partial charge in [-0.1, -0.05) is 24.3 Å². The van der Waals surface area contributed by atoms with E-state index >= 15 is 0 Å². The first kappa shape index (κ1) is 26.9. The number of nitrogens with two attached hydrogens (primary N) is 1. The van der Waals surface area contributed by atoms with E-state index in [4.69, 9.17) is 10.5 Å². The zero-order chi connectivity index (χ0) is 28.4. The van der Waals surface area contributed by atoms with Crippen molar-refractivity contribution in [2.45, 2.75) is 37.5 Å². The number of phenols is 1. The average molecular weight is 537 g/mol. The Hall–Kier alpha value is -3.73. The Morgan fingerprint density at radius 1 is 1.13 bits per heavy atom. The topological polar surface area (TPSA) is 171 Å². The van der Waals surface area contributed by atoms with Crippen LogP contribution >= 0.6 is 0 Å². The van der Waals surface area contributed by atoms with Gasteiger partial charge in [0.25, 0.3) is 0 Å². The zero-order valence-electron chi connectivity index (χ0n) is 21.9. The second-order valence-corrected chi connectivity index (χ2v) is 10.7. The number of carbonyl (C=O) groups is 3. The van der Waals surface area contributed by atoms with E-state index < -0.39 is 58.7 Å². The lowest BCUT2D eigenvalue weighted by Gasteiger charge is -2.53. The van der Waals surface area contributed by atoms with Crippen molar-refractivity contribution >= 4 is 17.5 Å². The highest BCUT2D eigenvalue weighted by Crippen LogP contribution is 2.53. The highest BCUT2D eigenvalue weighted by atomic mass is 16.5. The van der Waals surface area contributed by atoms with Crippen LogP contribution in [0.5, 0.6) is 11.5 Å². The number of primary amides is 1. The highest BCUT2D eigenvalue weighted by Gasteiger charge is 2.66. The van der Waals surface area contributed by atoms with Crippen molar-refractivity contribution < 1.29 is 39.5 Å². The smallest absolute Gasteiger partial charge is 0.230 e. The van der Waals surface area contributed by atoms with E-state index in [-0.39, 0.29) is 29.7 Å². The molecule has 5 rings (SSSR count). The van der Waals surface area contributed by atoms with E-state index in [0.717, 1.165) is 5.56 Å². The van der Waals surface area contributed by atoms with Gasteiger partial charge in [0.15, 0.2) is 17.2 Å². The number of ketones is 2. The summed E-state index contributed by atoms with van der Waals surface area (Å²) in [4.78, 5) is 41.1. The number of ether oxygens (including phenoxy) is 1. The van der Waals surface area contributed by atoms with Crippen LogP contribution in [0.4, 0.5) is 0 Å². The number of aliphatic hydroxyl groups excluding tert-OH is 2. The van der Waals surface area contributed by atoms with Crippen molar-refractivity contribution in [2.75, 3.05) is 20.7 Å². The summed E-state index contributed by atoms with van der Waals surface area (Å²) in [5.74, 6) is -6.99. The molecule has 3 aliphatic rings. The number of benzene rings is 2. The number of fused-ring (bicyclic) bond motifs is 3. The molecule has 10 heteroatoms. The standard InChI is InChI=1S/C29H32N2O8/c1-4-39-19-8-6-5-7-15(19)14-9-10-18(32)21-16(14)11-13-12-17-23(31(2)3)25(34)22(28(30)37)27(36)29(17,38)26(35)20(13)24(21)33/h5-10,13,17,22-23,25,32,34-35,38H,4,11-12H2,1-3H3,(H2,30,37)/t13-,17-,22?,23-,25?,29-/m0/s1. The van der Waals surface area contributed by atoms with Gasteiger partial charge in [-0.3, -0.25) is 14.4 Å². The summed E-state index contributed by atoms with van der Waals surface area (Å²) >= 11 is 0. The molecule has 39 heavy (non-hydrogen) atoms. The van der Waals surface area contributed by atoms with E-state index in [0.29, 0.717) is 23.5 Å². The Labute approximate surface area is 225 Å². The van der Waals surface area contributed by atoms with Crippen molar-refractivity contribution in [3.8, 4) is 22.6 Å². The van der Waals surface area contributed by atoms with Gasteiger partial charge in [-0.15, -0.1) is 0 Å². The molecule has 6 N–H and O–H groups in total. The van der Waals surface area contributed by atoms with Gasteiger partial charge in [-0.2, -0.15) is 0 Å². The number of likely N-dealkylation sites (N-methyl/N-ethyl adjacent to an activating group) is 1. The fourth-order valence-corrected chi connectivity index (χ4v) is 6.83. The second-order valence-electron chi connectivity index (χ2n) is 10.7. The molecule has 6 atom stereocenters. The molecule has 1 fully saturated rings. The molecule has 0 aliphatic heterocycles. The number of nitrogens with zero attached hydrogens (tertiary/aromatic N) is 1. The van der Waals surface area contributed by atoms with Gasteiger partial charge in [0.1, 0.15) is 23.2 Å². The van der Waals surface area contributed by atoms with Crippen LogP contribution in [0.25, 0.3) is 11.1 Å². The molecule has 0 aromatic heterocycles. The maximum absolute atomic E-state index is 13.9. The molecule has 0 bridgehead atoms. The number of para-hydroxylation sites is 1. The molecule has 2 aromatic rings. The van der Waals surface area contributed by atoms with Gasteiger partial charge < -0.3 is 35.8 Å². The predicted molar refractivity (Wildman–Crippen MR) is 140 cm³/mol. The normalized spacial score (nSPS) is 30.1. The third-order valence-corrected chi connectivity index (χ3v) is 8.45. The zero-order valence-corrected chi connectivity index (χ0v) is 21.9. The lowest BCUT2D eigenvalue weighted by molar-refractivity contribution is -0.178. The summed E-state index contributed by atoms with van der Waals surface area (Å²) < 4.78 is 5.80. The number of allylic oxidation sites excluding steroid dienone is 1. The first-order chi connectivity index (χ1) is 18.4. The third kappa shape index (κ3) is 3.77. The number of carbonyl (C=O) groups excluding carboxylic acids is 3. The lowest BCUT2D eigenvalue weighted by atomic mass is 9.55. The molecular formula is C29H32N2O8. The van der Waals surface area contributed by atoms with Crippen LogP contribution in [-0.4, -0.2) is 81.2 Å². The van der Waals surface area contributed by atoms with Crippen LogP contribution in [0.15, 0.2) is 47.7 Å². The number of hydrogen-bond acceptors (Lipinski definition) is 9. The van der Waals surface area contributed by atoms with Crippen LogP contribution in [0.1, 0.15) is 29.3 Å². The first-order valence-corrected chi connectivity index (χ1v) is 12.9. The van der Waals surface area contributed by atoms with Crippen LogP contribution in [0.3, 0.4) is 0 Å². The predicted octanol–water partition coefficient (Wildman–Crippen LogP) is 1.35. The number of phenolic OH excluding ortho intramolecular Hbond substituents is 1. The Balaban J connectivity index is 1.71. The number of aromatic hydroxyl groups is 1. The SMILES string of the molecule is CCOc1ccccc1-c1ccc(O)c2c1C[C@H]1C[C@H]3[C@H](N(C)C)C(O)C(C(N)=O)C(=O)[C@@]3(O)C(O)=C1C2=O. The molecule has 10 nitrogen and oxygen atoms in total. The summed E-state index contributed by atoms with van der Waals surface area (Å²) in [5.41, 5.74) is 4.56.